The maximum Gasteiger partial charge on any atom is 0.254 e. The van der Waals surface area contributed by atoms with Gasteiger partial charge in [0.2, 0.25) is 0 Å². The molecule has 110 valence electrons. The third-order valence-corrected chi connectivity index (χ3v) is 3.92. The number of tetrazole rings is 1. The second-order valence-electron chi connectivity index (χ2n) is 5.17. The number of amides is 1. The maximum atomic E-state index is 12.8. The predicted molar refractivity (Wildman–Crippen MR) is 74.3 cm³/mol. The van der Waals surface area contributed by atoms with Crippen LogP contribution in [0.5, 0.6) is 0 Å². The van der Waals surface area contributed by atoms with Crippen LogP contribution in [0.3, 0.4) is 0 Å². The second-order valence-corrected chi connectivity index (χ2v) is 5.17. The van der Waals surface area contributed by atoms with E-state index < -0.39 is 0 Å². The van der Waals surface area contributed by atoms with Crippen molar-refractivity contribution < 1.29 is 9.90 Å². The Balaban J connectivity index is 1.95. The lowest BCUT2D eigenvalue weighted by atomic mass is 10.1. The molecule has 0 radical (unpaired) electrons. The normalized spacial score (nSPS) is 21.7. The molecule has 1 aliphatic heterocycles. The van der Waals surface area contributed by atoms with Gasteiger partial charge in [0, 0.05) is 12.6 Å². The van der Waals surface area contributed by atoms with E-state index in [-0.39, 0.29) is 24.6 Å². The molecule has 1 fully saturated rings. The number of benzene rings is 1. The van der Waals surface area contributed by atoms with Gasteiger partial charge < -0.3 is 10.0 Å². The van der Waals surface area contributed by atoms with Gasteiger partial charge in [0.15, 0.2) is 5.82 Å². The lowest BCUT2D eigenvalue weighted by molar-refractivity contribution is 0.0583. The number of aliphatic hydroxyl groups is 1. The summed E-state index contributed by atoms with van der Waals surface area (Å²) in [5.41, 5.74) is 0.609. The highest BCUT2D eigenvalue weighted by molar-refractivity contribution is 5.94. The van der Waals surface area contributed by atoms with E-state index in [0.717, 1.165) is 12.8 Å². The molecule has 0 bridgehead atoms. The summed E-state index contributed by atoms with van der Waals surface area (Å²) in [4.78, 5) is 14.5. The topological polar surface area (TPSA) is 84.1 Å². The van der Waals surface area contributed by atoms with Crippen molar-refractivity contribution in [2.45, 2.75) is 24.9 Å². The summed E-state index contributed by atoms with van der Waals surface area (Å²) in [6.45, 7) is -0.0552. The molecule has 1 saturated heterocycles. The van der Waals surface area contributed by atoms with Crippen LogP contribution in [-0.2, 0) is 7.05 Å². The van der Waals surface area contributed by atoms with Crippen molar-refractivity contribution in [2.75, 3.05) is 6.61 Å². The number of hydrogen-bond donors (Lipinski definition) is 1. The zero-order chi connectivity index (χ0) is 14.8. The maximum absolute atomic E-state index is 12.8. The summed E-state index contributed by atoms with van der Waals surface area (Å²) in [7, 11) is 1.76. The molecule has 0 saturated carbocycles. The minimum atomic E-state index is -0.199. The smallest absolute Gasteiger partial charge is 0.254 e. The molecule has 1 N–H and O–H groups in total. The first-order valence-corrected chi connectivity index (χ1v) is 6.93. The number of aryl methyl sites for hydroxylation is 1. The molecule has 21 heavy (non-hydrogen) atoms. The van der Waals surface area contributed by atoms with Gasteiger partial charge in [0.1, 0.15) is 0 Å². The van der Waals surface area contributed by atoms with Crippen LogP contribution < -0.4 is 0 Å². The van der Waals surface area contributed by atoms with Gasteiger partial charge in [-0.05, 0) is 35.4 Å². The number of hydrogen-bond acceptors (Lipinski definition) is 5. The Hall–Kier alpha value is -2.28. The molecule has 7 heteroatoms. The molecule has 2 aromatic rings. The van der Waals surface area contributed by atoms with Crippen LogP contribution in [-0.4, -0.2) is 48.8 Å². The fourth-order valence-electron chi connectivity index (χ4n) is 2.87. The van der Waals surface area contributed by atoms with Gasteiger partial charge in [-0.1, -0.05) is 18.2 Å². The van der Waals surface area contributed by atoms with Crippen molar-refractivity contribution in [3.8, 4) is 0 Å². The minimum absolute atomic E-state index is 0.0552. The van der Waals surface area contributed by atoms with E-state index in [2.05, 4.69) is 15.5 Å². The van der Waals surface area contributed by atoms with E-state index in [0.29, 0.717) is 11.4 Å². The molecule has 1 aliphatic rings. The molecule has 0 unspecified atom stereocenters. The third kappa shape index (κ3) is 2.40. The van der Waals surface area contributed by atoms with Gasteiger partial charge in [0.25, 0.3) is 5.91 Å². The van der Waals surface area contributed by atoms with Crippen LogP contribution in [0.1, 0.15) is 35.1 Å². The SMILES string of the molecule is Cn1nnnc1[C@@H]1CC[C@@H](CO)N1C(=O)c1ccccc1. The first kappa shape index (κ1) is 13.7. The van der Waals surface area contributed by atoms with Gasteiger partial charge in [-0.25, -0.2) is 4.68 Å². The van der Waals surface area contributed by atoms with Gasteiger partial charge in [-0.3, -0.25) is 4.79 Å². The zero-order valence-corrected chi connectivity index (χ0v) is 11.8. The van der Waals surface area contributed by atoms with Crippen molar-refractivity contribution in [1.82, 2.24) is 25.1 Å². The van der Waals surface area contributed by atoms with E-state index in [1.165, 1.54) is 0 Å². The van der Waals surface area contributed by atoms with Crippen LogP contribution in [0.4, 0.5) is 0 Å². The summed E-state index contributed by atoms with van der Waals surface area (Å²) < 4.78 is 1.58. The highest BCUT2D eigenvalue weighted by atomic mass is 16.3. The van der Waals surface area contributed by atoms with Crippen molar-refractivity contribution in [2.24, 2.45) is 7.05 Å². The third-order valence-electron chi connectivity index (χ3n) is 3.92. The fourth-order valence-corrected chi connectivity index (χ4v) is 2.87. The molecule has 1 aromatic heterocycles. The molecule has 2 atom stereocenters. The van der Waals surface area contributed by atoms with E-state index >= 15 is 0 Å². The molecule has 3 rings (SSSR count). The fraction of sp³-hybridized carbons (Fsp3) is 0.429. The molecule has 7 nitrogen and oxygen atoms in total. The monoisotopic (exact) mass is 287 g/mol. The highest BCUT2D eigenvalue weighted by Gasteiger charge is 2.40. The van der Waals surface area contributed by atoms with E-state index in [4.69, 9.17) is 0 Å². The molecule has 2 heterocycles. The Morgan fingerprint density at radius 3 is 2.71 bits per heavy atom. The number of carbonyl (C=O) groups excluding carboxylic acids is 1. The first-order valence-electron chi connectivity index (χ1n) is 6.93. The van der Waals surface area contributed by atoms with Crippen molar-refractivity contribution in [3.05, 3.63) is 41.7 Å². The number of rotatable bonds is 3. The molecular weight excluding hydrogens is 270 g/mol. The lowest BCUT2D eigenvalue weighted by Gasteiger charge is -2.28. The number of carbonyl (C=O) groups is 1. The Morgan fingerprint density at radius 1 is 1.33 bits per heavy atom. The van der Waals surface area contributed by atoms with Gasteiger partial charge in [-0.15, -0.1) is 5.10 Å². The minimum Gasteiger partial charge on any atom is -0.394 e. The van der Waals surface area contributed by atoms with Crippen LogP contribution in [0.25, 0.3) is 0 Å². The average Bonchev–Trinajstić information content (AvgIpc) is 3.12. The molecule has 0 spiro atoms. The largest absolute Gasteiger partial charge is 0.394 e. The summed E-state index contributed by atoms with van der Waals surface area (Å²) in [5, 5.41) is 21.1. The van der Waals surface area contributed by atoms with E-state index in [1.54, 1.807) is 28.8 Å². The van der Waals surface area contributed by atoms with Crippen molar-refractivity contribution in [1.29, 1.82) is 0 Å². The Bertz CT molecular complexity index is 627. The van der Waals surface area contributed by atoms with Crippen LogP contribution in [0.2, 0.25) is 0 Å². The predicted octanol–water partition coefficient (Wildman–Crippen LogP) is 0.548. The quantitative estimate of drug-likeness (QED) is 0.891. The van der Waals surface area contributed by atoms with Gasteiger partial charge in [0.05, 0.1) is 18.7 Å². The van der Waals surface area contributed by atoms with Gasteiger partial charge in [-0.2, -0.15) is 0 Å². The highest BCUT2D eigenvalue weighted by Crippen LogP contribution is 2.35. The summed E-state index contributed by atoms with van der Waals surface area (Å²) >= 11 is 0. The average molecular weight is 287 g/mol. The van der Waals surface area contributed by atoms with Crippen LogP contribution in [0.15, 0.2) is 30.3 Å². The second kappa shape index (κ2) is 5.61. The van der Waals surface area contributed by atoms with Crippen LogP contribution in [0, 0.1) is 0 Å². The van der Waals surface area contributed by atoms with E-state index in [1.807, 2.05) is 18.2 Å². The Morgan fingerprint density at radius 2 is 2.10 bits per heavy atom. The first-order chi connectivity index (χ1) is 10.2. The van der Waals surface area contributed by atoms with Crippen molar-refractivity contribution >= 4 is 5.91 Å². The summed E-state index contributed by atoms with van der Waals surface area (Å²) in [6.07, 6.45) is 1.49. The molecule has 1 aromatic carbocycles. The number of likely N-dealkylation sites (tertiary alicyclic amines) is 1. The molecule has 1 amide bonds. The Labute approximate surface area is 122 Å². The van der Waals surface area contributed by atoms with Crippen molar-refractivity contribution in [3.63, 3.8) is 0 Å². The summed E-state index contributed by atoms with van der Waals surface area (Å²) in [6, 6.07) is 8.69. The number of aromatic nitrogens is 4. The lowest BCUT2D eigenvalue weighted by Crippen LogP contribution is -2.40. The molecular formula is C14H17N5O2. The number of nitrogens with zero attached hydrogens (tertiary/aromatic N) is 5. The standard InChI is InChI=1S/C14H17N5O2/c1-18-13(15-16-17-18)12-8-7-11(9-20)19(12)14(21)10-5-3-2-4-6-10/h2-6,11-12,20H,7-9H2,1H3/t11-,12-/m0/s1. The Kier molecular flexibility index (Phi) is 3.66. The van der Waals surface area contributed by atoms with Crippen LogP contribution >= 0.6 is 0 Å². The summed E-state index contributed by atoms with van der Waals surface area (Å²) in [5.74, 6) is 0.551. The zero-order valence-electron chi connectivity index (χ0n) is 11.8. The van der Waals surface area contributed by atoms with E-state index in [9.17, 15) is 9.90 Å². The number of aliphatic hydroxyl groups excluding tert-OH is 1. The van der Waals surface area contributed by atoms with Gasteiger partial charge >= 0.3 is 0 Å². The molecule has 0 aliphatic carbocycles.